The average Bonchev–Trinajstić information content (AvgIpc) is 3.17. The van der Waals surface area contributed by atoms with Gasteiger partial charge in [0.1, 0.15) is 11.6 Å². The van der Waals surface area contributed by atoms with E-state index in [1.807, 2.05) is 26.1 Å². The first-order valence-corrected chi connectivity index (χ1v) is 13.0. The number of hydrogen-bond donors (Lipinski definition) is 3. The molecule has 0 spiro atoms. The second kappa shape index (κ2) is 11.2. The summed E-state index contributed by atoms with van der Waals surface area (Å²) >= 11 is 4.16. The lowest BCUT2D eigenvalue weighted by atomic mass is 9.86. The fourth-order valence-corrected chi connectivity index (χ4v) is 5.10. The highest BCUT2D eigenvalue weighted by molar-refractivity contribution is 7.80. The number of nitrogens with one attached hydrogen (secondary N) is 2. The Morgan fingerprint density at radius 1 is 1.26 bits per heavy atom. The number of anilines is 1. The molecule has 2 atom stereocenters. The lowest BCUT2D eigenvalue weighted by Gasteiger charge is -2.32. The summed E-state index contributed by atoms with van der Waals surface area (Å²) in [5.74, 6) is -0.180. The van der Waals surface area contributed by atoms with E-state index in [9.17, 15) is 4.39 Å². The van der Waals surface area contributed by atoms with Crippen LogP contribution in [-0.2, 0) is 12.0 Å². The maximum absolute atomic E-state index is 15.2. The zero-order valence-electron chi connectivity index (χ0n) is 20.7. The van der Waals surface area contributed by atoms with Crippen molar-refractivity contribution < 1.29 is 8.78 Å². The second-order valence-electron chi connectivity index (χ2n) is 10.3. The number of pyridine rings is 1. The van der Waals surface area contributed by atoms with E-state index < -0.39 is 17.1 Å². The molecule has 0 amide bonds. The molecule has 2 aliphatic heterocycles. The molecule has 2 bridgehead atoms. The van der Waals surface area contributed by atoms with E-state index in [1.54, 1.807) is 12.1 Å². The van der Waals surface area contributed by atoms with E-state index >= 15 is 4.39 Å². The third-order valence-electron chi connectivity index (χ3n) is 6.93. The van der Waals surface area contributed by atoms with Crippen LogP contribution in [-0.4, -0.2) is 47.4 Å². The molecular weight excluding hydrogens is 462 g/mol. The standard InChI is InChI=1S/C28H36F2N4S/c1-19(21-6-9-26(24(29)13-21)31-11-4-12-35)25(30)14-28(2,3)27-10-5-20(15-32-27)16-34-17-22-7-8-23(18-34)33-22/h5-6,9-10,13-15,22-23,31,33,35H,1,4,7-8,11-12,16-18H2,2-3H3/b25-14+. The lowest BCUT2D eigenvalue weighted by molar-refractivity contribution is 0.188. The van der Waals surface area contributed by atoms with Gasteiger partial charge < -0.3 is 10.6 Å². The Hall–Kier alpha value is -2.22. The summed E-state index contributed by atoms with van der Waals surface area (Å²) in [7, 11) is 0. The Kier molecular flexibility index (Phi) is 8.30. The molecule has 1 aromatic carbocycles. The van der Waals surface area contributed by atoms with Gasteiger partial charge in [0.2, 0.25) is 0 Å². The van der Waals surface area contributed by atoms with Crippen LogP contribution in [0.1, 0.15) is 49.9 Å². The van der Waals surface area contributed by atoms with Crippen LogP contribution in [0.25, 0.3) is 5.57 Å². The number of halogens is 2. The van der Waals surface area contributed by atoms with Crippen LogP contribution in [0, 0.1) is 5.82 Å². The predicted molar refractivity (Wildman–Crippen MR) is 144 cm³/mol. The van der Waals surface area contributed by atoms with Gasteiger partial charge in [0, 0.05) is 61.1 Å². The molecular formula is C28H36F2N4S. The number of rotatable bonds is 10. The van der Waals surface area contributed by atoms with Gasteiger partial charge in [0.15, 0.2) is 0 Å². The van der Waals surface area contributed by atoms with Gasteiger partial charge in [-0.25, -0.2) is 8.78 Å². The van der Waals surface area contributed by atoms with Gasteiger partial charge in [-0.2, -0.15) is 12.6 Å². The molecule has 2 fully saturated rings. The van der Waals surface area contributed by atoms with Crippen molar-refractivity contribution in [2.75, 3.05) is 30.7 Å². The third kappa shape index (κ3) is 6.51. The van der Waals surface area contributed by atoms with E-state index in [4.69, 9.17) is 0 Å². The first-order chi connectivity index (χ1) is 16.7. The van der Waals surface area contributed by atoms with Gasteiger partial charge in [-0.1, -0.05) is 32.6 Å². The van der Waals surface area contributed by atoms with E-state index in [1.165, 1.54) is 30.5 Å². The minimum Gasteiger partial charge on any atom is -0.383 e. The average molecular weight is 499 g/mol. The number of thiol groups is 1. The molecule has 7 heteroatoms. The Bertz CT molecular complexity index is 1060. The fourth-order valence-electron chi connectivity index (χ4n) is 4.94. The van der Waals surface area contributed by atoms with Crippen molar-refractivity contribution in [3.63, 3.8) is 0 Å². The second-order valence-corrected chi connectivity index (χ2v) is 10.7. The summed E-state index contributed by atoms with van der Waals surface area (Å²) in [4.78, 5) is 7.15. The van der Waals surface area contributed by atoms with Crippen molar-refractivity contribution in [1.29, 1.82) is 0 Å². The Labute approximate surface area is 213 Å². The van der Waals surface area contributed by atoms with E-state index in [-0.39, 0.29) is 5.57 Å². The molecule has 1 aromatic heterocycles. The third-order valence-corrected chi connectivity index (χ3v) is 7.24. The highest BCUT2D eigenvalue weighted by Crippen LogP contribution is 2.31. The molecule has 3 heterocycles. The summed E-state index contributed by atoms with van der Waals surface area (Å²) in [6, 6.07) is 9.91. The number of aromatic nitrogens is 1. The maximum atomic E-state index is 15.2. The van der Waals surface area contributed by atoms with Crippen LogP contribution in [0.15, 0.2) is 55.0 Å². The van der Waals surface area contributed by atoms with Crippen molar-refractivity contribution >= 4 is 23.9 Å². The van der Waals surface area contributed by atoms with Gasteiger partial charge >= 0.3 is 0 Å². The van der Waals surface area contributed by atoms with Crippen molar-refractivity contribution in [3.8, 4) is 0 Å². The van der Waals surface area contributed by atoms with Crippen LogP contribution in [0.2, 0.25) is 0 Å². The molecule has 2 saturated heterocycles. The molecule has 2 aliphatic rings. The molecule has 2 N–H and O–H groups in total. The van der Waals surface area contributed by atoms with E-state index in [0.717, 1.165) is 37.5 Å². The Morgan fingerprint density at radius 3 is 2.63 bits per heavy atom. The smallest absolute Gasteiger partial charge is 0.146 e. The Morgan fingerprint density at radius 2 is 2.00 bits per heavy atom. The monoisotopic (exact) mass is 498 g/mol. The number of piperazine rings is 1. The predicted octanol–water partition coefficient (Wildman–Crippen LogP) is 5.73. The minimum absolute atomic E-state index is 0.156. The molecule has 2 unspecified atom stereocenters. The van der Waals surface area contributed by atoms with Crippen molar-refractivity contribution in [2.24, 2.45) is 0 Å². The van der Waals surface area contributed by atoms with Gasteiger partial charge in [0.25, 0.3) is 0 Å². The summed E-state index contributed by atoms with van der Waals surface area (Å²) in [5.41, 5.74) is 2.26. The van der Waals surface area contributed by atoms with Gasteiger partial charge in [-0.15, -0.1) is 0 Å². The fraction of sp³-hybridized carbons (Fsp3) is 0.464. The molecule has 4 rings (SSSR count). The zero-order valence-corrected chi connectivity index (χ0v) is 21.6. The van der Waals surface area contributed by atoms with Crippen LogP contribution in [0.4, 0.5) is 14.5 Å². The van der Waals surface area contributed by atoms with Crippen LogP contribution >= 0.6 is 12.6 Å². The van der Waals surface area contributed by atoms with E-state index in [2.05, 4.69) is 45.8 Å². The molecule has 0 aliphatic carbocycles. The molecule has 2 aromatic rings. The first-order valence-electron chi connectivity index (χ1n) is 12.4. The number of nitrogens with zero attached hydrogens (tertiary/aromatic N) is 2. The topological polar surface area (TPSA) is 40.2 Å². The quantitative estimate of drug-likeness (QED) is 0.222. The van der Waals surface area contributed by atoms with Crippen LogP contribution in [0.3, 0.4) is 0 Å². The number of benzene rings is 1. The number of allylic oxidation sites excluding steroid dienone is 3. The SMILES string of the molecule is C=C(/C(F)=C\C(C)(C)c1ccc(CN2CC3CCC(C2)N3)cn1)c1ccc(NCCCS)c(F)c1. The summed E-state index contributed by atoms with van der Waals surface area (Å²) in [5, 5.41) is 6.69. The van der Waals surface area contributed by atoms with Crippen LogP contribution < -0.4 is 10.6 Å². The van der Waals surface area contributed by atoms with Gasteiger partial charge in [0.05, 0.1) is 5.69 Å². The zero-order chi connectivity index (χ0) is 25.0. The normalized spacial score (nSPS) is 20.8. The largest absolute Gasteiger partial charge is 0.383 e. The van der Waals surface area contributed by atoms with Crippen molar-refractivity contribution in [3.05, 3.63) is 77.6 Å². The number of hydrogen-bond acceptors (Lipinski definition) is 5. The highest BCUT2D eigenvalue weighted by atomic mass is 32.1. The van der Waals surface area contributed by atoms with Crippen molar-refractivity contribution in [2.45, 2.75) is 57.2 Å². The summed E-state index contributed by atoms with van der Waals surface area (Å²) < 4.78 is 29.7. The molecule has 0 radical (unpaired) electrons. The van der Waals surface area contributed by atoms with Crippen LogP contribution in [0.5, 0.6) is 0 Å². The minimum atomic E-state index is -0.646. The molecule has 4 nitrogen and oxygen atoms in total. The molecule has 0 saturated carbocycles. The molecule has 188 valence electrons. The maximum Gasteiger partial charge on any atom is 0.146 e. The first kappa shape index (κ1) is 25.9. The van der Waals surface area contributed by atoms with E-state index in [0.29, 0.717) is 29.9 Å². The summed E-state index contributed by atoms with van der Waals surface area (Å²) in [6.45, 7) is 11.4. The van der Waals surface area contributed by atoms with Gasteiger partial charge in [-0.3, -0.25) is 9.88 Å². The molecule has 35 heavy (non-hydrogen) atoms. The number of likely N-dealkylation sites (tertiary alicyclic amines) is 1. The highest BCUT2D eigenvalue weighted by Gasteiger charge is 2.32. The summed E-state index contributed by atoms with van der Waals surface area (Å²) in [6.07, 6.45) is 6.77. The van der Waals surface area contributed by atoms with Crippen molar-refractivity contribution in [1.82, 2.24) is 15.2 Å². The number of fused-ring (bicyclic) bond motifs is 2. The van der Waals surface area contributed by atoms with Gasteiger partial charge in [-0.05, 0) is 60.4 Å². The lowest BCUT2D eigenvalue weighted by Crippen LogP contribution is -2.50. The Balaban J connectivity index is 1.40.